The summed E-state index contributed by atoms with van der Waals surface area (Å²) in [5.74, 6) is -0.122. The van der Waals surface area contributed by atoms with Crippen molar-refractivity contribution < 1.29 is 13.9 Å². The maximum absolute atomic E-state index is 12.0. The number of nitrogens with one attached hydrogen (secondary N) is 1. The molecule has 1 aliphatic heterocycles. The van der Waals surface area contributed by atoms with Crippen LogP contribution in [0.5, 0.6) is 0 Å². The van der Waals surface area contributed by atoms with E-state index < -0.39 is 5.63 Å². The Kier molecular flexibility index (Phi) is 3.98. The summed E-state index contributed by atoms with van der Waals surface area (Å²) in [5, 5.41) is 3.71. The summed E-state index contributed by atoms with van der Waals surface area (Å²) >= 11 is 0. The first kappa shape index (κ1) is 14.8. The smallest absolute Gasteiger partial charge is 0.336 e. The van der Waals surface area contributed by atoms with Crippen molar-refractivity contribution in [2.24, 2.45) is 0 Å². The third kappa shape index (κ3) is 2.76. The first-order valence-corrected chi connectivity index (χ1v) is 7.48. The van der Waals surface area contributed by atoms with E-state index >= 15 is 0 Å². The number of hydrogen-bond acceptors (Lipinski definition) is 4. The van der Waals surface area contributed by atoms with Crippen molar-refractivity contribution >= 4 is 16.9 Å². The molecule has 0 aliphatic carbocycles. The fourth-order valence-corrected chi connectivity index (χ4v) is 2.75. The van der Waals surface area contributed by atoms with Crippen LogP contribution < -0.4 is 10.9 Å². The molecule has 1 aromatic carbocycles. The molecule has 1 fully saturated rings. The van der Waals surface area contributed by atoms with Gasteiger partial charge < -0.3 is 14.5 Å². The SMILES string of the molecule is Cc1ccc2c(CNC(=O)C3CCCO3)cc(=O)oc2c1C. The number of carbonyl (C=O) groups is 1. The lowest BCUT2D eigenvalue weighted by Gasteiger charge is -2.12. The normalized spacial score (nSPS) is 17.8. The maximum Gasteiger partial charge on any atom is 0.336 e. The molecule has 0 bridgehead atoms. The van der Waals surface area contributed by atoms with Crippen molar-refractivity contribution in [1.82, 2.24) is 5.32 Å². The van der Waals surface area contributed by atoms with Crippen LogP contribution in [0.2, 0.25) is 0 Å². The van der Waals surface area contributed by atoms with Crippen LogP contribution in [-0.2, 0) is 16.1 Å². The highest BCUT2D eigenvalue weighted by atomic mass is 16.5. The molecule has 1 saturated heterocycles. The Morgan fingerprint density at radius 2 is 2.18 bits per heavy atom. The van der Waals surface area contributed by atoms with E-state index in [0.717, 1.165) is 34.9 Å². The third-order valence-corrected chi connectivity index (χ3v) is 4.19. The summed E-state index contributed by atoms with van der Waals surface area (Å²) in [7, 11) is 0. The highest BCUT2D eigenvalue weighted by molar-refractivity contribution is 5.85. The van der Waals surface area contributed by atoms with Gasteiger partial charge in [-0.25, -0.2) is 4.79 Å². The number of fused-ring (bicyclic) bond motifs is 1. The van der Waals surface area contributed by atoms with Crippen LogP contribution in [0, 0.1) is 13.8 Å². The predicted molar refractivity (Wildman–Crippen MR) is 82.8 cm³/mol. The summed E-state index contributed by atoms with van der Waals surface area (Å²) in [6.45, 7) is 4.83. The van der Waals surface area contributed by atoms with Crippen molar-refractivity contribution in [3.8, 4) is 0 Å². The summed E-state index contributed by atoms with van der Waals surface area (Å²) < 4.78 is 10.7. The first-order chi connectivity index (χ1) is 10.6. The van der Waals surface area contributed by atoms with Crippen LogP contribution in [0.4, 0.5) is 0 Å². The standard InChI is InChI=1S/C17H19NO4/c1-10-5-6-13-12(8-15(19)22-16(13)11(10)2)9-18-17(20)14-4-3-7-21-14/h5-6,8,14H,3-4,7,9H2,1-2H3,(H,18,20). The summed E-state index contributed by atoms with van der Waals surface area (Å²) in [4.78, 5) is 23.8. The Labute approximate surface area is 128 Å². The van der Waals surface area contributed by atoms with Crippen molar-refractivity contribution in [2.75, 3.05) is 6.61 Å². The molecule has 2 aromatic rings. The molecule has 22 heavy (non-hydrogen) atoms. The van der Waals surface area contributed by atoms with Crippen molar-refractivity contribution in [1.29, 1.82) is 0 Å². The minimum Gasteiger partial charge on any atom is -0.422 e. The van der Waals surface area contributed by atoms with Gasteiger partial charge in [0, 0.05) is 24.6 Å². The molecular weight excluding hydrogens is 282 g/mol. The zero-order valence-corrected chi connectivity index (χ0v) is 12.8. The molecule has 116 valence electrons. The topological polar surface area (TPSA) is 68.5 Å². The average Bonchev–Trinajstić information content (AvgIpc) is 3.03. The van der Waals surface area contributed by atoms with E-state index in [1.165, 1.54) is 6.07 Å². The number of ether oxygens (including phenoxy) is 1. The highest BCUT2D eigenvalue weighted by Crippen LogP contribution is 2.23. The van der Waals surface area contributed by atoms with Gasteiger partial charge in [0.05, 0.1) is 0 Å². The molecule has 0 radical (unpaired) electrons. The molecular formula is C17H19NO4. The van der Waals surface area contributed by atoms with Gasteiger partial charge in [-0.05, 0) is 43.4 Å². The lowest BCUT2D eigenvalue weighted by molar-refractivity contribution is -0.130. The largest absolute Gasteiger partial charge is 0.422 e. The van der Waals surface area contributed by atoms with Gasteiger partial charge in [-0.15, -0.1) is 0 Å². The van der Waals surface area contributed by atoms with E-state index in [1.807, 2.05) is 26.0 Å². The second-order valence-electron chi connectivity index (χ2n) is 5.69. The van der Waals surface area contributed by atoms with Gasteiger partial charge in [0.15, 0.2) is 0 Å². The number of rotatable bonds is 3. The zero-order valence-electron chi connectivity index (χ0n) is 12.8. The lowest BCUT2D eigenvalue weighted by Crippen LogP contribution is -2.33. The van der Waals surface area contributed by atoms with Crippen molar-refractivity contribution in [2.45, 2.75) is 39.3 Å². The molecule has 1 atom stereocenters. The maximum atomic E-state index is 12.0. The summed E-state index contributed by atoms with van der Waals surface area (Å²) in [6.07, 6.45) is 1.30. The van der Waals surface area contributed by atoms with Crippen LogP contribution >= 0.6 is 0 Å². The van der Waals surface area contributed by atoms with Gasteiger partial charge in [-0.3, -0.25) is 4.79 Å². The molecule has 0 spiro atoms. The van der Waals surface area contributed by atoms with Gasteiger partial charge in [0.1, 0.15) is 11.7 Å². The summed E-state index contributed by atoms with van der Waals surface area (Å²) in [6, 6.07) is 5.35. The second-order valence-corrected chi connectivity index (χ2v) is 5.69. The van der Waals surface area contributed by atoms with Gasteiger partial charge in [-0.1, -0.05) is 12.1 Å². The van der Waals surface area contributed by atoms with Crippen LogP contribution in [-0.4, -0.2) is 18.6 Å². The summed E-state index contributed by atoms with van der Waals surface area (Å²) in [5.41, 5.74) is 2.97. The number of amides is 1. The van der Waals surface area contributed by atoms with E-state index in [1.54, 1.807) is 0 Å². The van der Waals surface area contributed by atoms with Crippen LogP contribution in [0.15, 0.2) is 27.4 Å². The van der Waals surface area contributed by atoms with Gasteiger partial charge in [0.25, 0.3) is 0 Å². The second kappa shape index (κ2) is 5.93. The molecule has 5 heteroatoms. The molecule has 3 rings (SSSR count). The molecule has 1 aliphatic rings. The molecule has 5 nitrogen and oxygen atoms in total. The molecule has 1 unspecified atom stereocenters. The monoisotopic (exact) mass is 301 g/mol. The van der Waals surface area contributed by atoms with E-state index in [2.05, 4.69) is 5.32 Å². The quantitative estimate of drug-likeness (QED) is 0.883. The van der Waals surface area contributed by atoms with Crippen molar-refractivity contribution in [3.63, 3.8) is 0 Å². The van der Waals surface area contributed by atoms with E-state index in [0.29, 0.717) is 18.7 Å². The van der Waals surface area contributed by atoms with Gasteiger partial charge in [-0.2, -0.15) is 0 Å². The zero-order chi connectivity index (χ0) is 15.7. The van der Waals surface area contributed by atoms with E-state index in [-0.39, 0.29) is 12.0 Å². The highest BCUT2D eigenvalue weighted by Gasteiger charge is 2.23. The fraction of sp³-hybridized carbons (Fsp3) is 0.412. The van der Waals surface area contributed by atoms with Crippen LogP contribution in [0.25, 0.3) is 11.0 Å². The fourth-order valence-electron chi connectivity index (χ4n) is 2.75. The third-order valence-electron chi connectivity index (χ3n) is 4.19. The number of hydrogen-bond donors (Lipinski definition) is 1. The van der Waals surface area contributed by atoms with E-state index in [9.17, 15) is 9.59 Å². The lowest BCUT2D eigenvalue weighted by atomic mass is 10.0. The Morgan fingerprint density at radius 1 is 1.36 bits per heavy atom. The Hall–Kier alpha value is -2.14. The minimum absolute atomic E-state index is 0.122. The molecule has 1 N–H and O–H groups in total. The molecule has 1 aromatic heterocycles. The first-order valence-electron chi connectivity index (χ1n) is 7.48. The Balaban J connectivity index is 1.88. The molecule has 1 amide bonds. The van der Waals surface area contributed by atoms with Gasteiger partial charge in [0.2, 0.25) is 5.91 Å². The van der Waals surface area contributed by atoms with E-state index in [4.69, 9.17) is 9.15 Å². The minimum atomic E-state index is -0.400. The van der Waals surface area contributed by atoms with Crippen molar-refractivity contribution in [3.05, 3.63) is 45.3 Å². The molecule has 0 saturated carbocycles. The molecule has 2 heterocycles. The van der Waals surface area contributed by atoms with Crippen LogP contribution in [0.1, 0.15) is 29.5 Å². The number of carbonyl (C=O) groups excluding carboxylic acids is 1. The Bertz CT molecular complexity index is 772. The average molecular weight is 301 g/mol. The Morgan fingerprint density at radius 3 is 2.91 bits per heavy atom. The van der Waals surface area contributed by atoms with Crippen LogP contribution in [0.3, 0.4) is 0 Å². The predicted octanol–water partition coefficient (Wildman–Crippen LogP) is 2.21. The van der Waals surface area contributed by atoms with Gasteiger partial charge >= 0.3 is 5.63 Å². The number of benzene rings is 1. The number of aryl methyl sites for hydroxylation is 2.